The third-order valence-corrected chi connectivity index (χ3v) is 4.36. The zero-order chi connectivity index (χ0) is 18.4. The topological polar surface area (TPSA) is 36.5 Å². The number of anilines is 1. The number of rotatable bonds is 6. The van der Waals surface area contributed by atoms with Crippen molar-refractivity contribution in [3.8, 4) is 5.75 Å². The Balaban J connectivity index is 2.01. The minimum atomic E-state index is 0.137. The van der Waals surface area contributed by atoms with Crippen molar-refractivity contribution in [3.63, 3.8) is 0 Å². The van der Waals surface area contributed by atoms with Gasteiger partial charge in [0.25, 0.3) is 0 Å². The molecule has 0 aromatic heterocycles. The Hall–Kier alpha value is -1.53. The van der Waals surface area contributed by atoms with Gasteiger partial charge in [0.15, 0.2) is 5.11 Å². The van der Waals surface area contributed by atoms with Crippen molar-refractivity contribution in [1.82, 2.24) is 10.2 Å². The first-order chi connectivity index (χ1) is 11.9. The van der Waals surface area contributed by atoms with E-state index in [1.54, 1.807) is 25.3 Å². The molecule has 1 atom stereocenters. The van der Waals surface area contributed by atoms with E-state index in [1.165, 1.54) is 0 Å². The highest BCUT2D eigenvalue weighted by molar-refractivity contribution is 7.80. The third-order valence-electron chi connectivity index (χ3n) is 3.68. The van der Waals surface area contributed by atoms with Crippen LogP contribution in [0.2, 0.25) is 10.0 Å². The van der Waals surface area contributed by atoms with Gasteiger partial charge in [-0.1, -0.05) is 35.3 Å². The van der Waals surface area contributed by atoms with Gasteiger partial charge < -0.3 is 20.3 Å². The van der Waals surface area contributed by atoms with Crippen LogP contribution in [0.15, 0.2) is 42.5 Å². The predicted octanol–water partition coefficient (Wildman–Crippen LogP) is 4.59. The smallest absolute Gasteiger partial charge is 0.170 e. The summed E-state index contributed by atoms with van der Waals surface area (Å²) in [6.07, 6.45) is 0. The average Bonchev–Trinajstić information content (AvgIpc) is 2.54. The van der Waals surface area contributed by atoms with Gasteiger partial charge >= 0.3 is 0 Å². The maximum absolute atomic E-state index is 6.00. The molecule has 0 heterocycles. The van der Waals surface area contributed by atoms with Crippen LogP contribution in [0.3, 0.4) is 0 Å². The van der Waals surface area contributed by atoms with Crippen LogP contribution in [0.1, 0.15) is 11.6 Å². The summed E-state index contributed by atoms with van der Waals surface area (Å²) in [4.78, 5) is 2.13. The van der Waals surface area contributed by atoms with E-state index in [1.807, 2.05) is 32.3 Å². The summed E-state index contributed by atoms with van der Waals surface area (Å²) in [5.74, 6) is 0.832. The molecule has 2 rings (SSSR count). The quantitative estimate of drug-likeness (QED) is 0.696. The van der Waals surface area contributed by atoms with Crippen molar-refractivity contribution in [2.75, 3.05) is 33.1 Å². The van der Waals surface area contributed by atoms with Crippen LogP contribution in [-0.4, -0.2) is 37.8 Å². The highest BCUT2D eigenvalue weighted by atomic mass is 35.5. The molecule has 0 spiro atoms. The molecule has 2 N–H and O–H groups in total. The number of methoxy groups -OCH3 is 1. The molecule has 0 bridgehead atoms. The number of nitrogens with zero attached hydrogens (tertiary/aromatic N) is 1. The van der Waals surface area contributed by atoms with E-state index >= 15 is 0 Å². The highest BCUT2D eigenvalue weighted by Gasteiger charge is 2.15. The van der Waals surface area contributed by atoms with Gasteiger partial charge in [-0.3, -0.25) is 0 Å². The predicted molar refractivity (Wildman–Crippen MR) is 110 cm³/mol. The van der Waals surface area contributed by atoms with Gasteiger partial charge in [0, 0.05) is 22.3 Å². The first-order valence-corrected chi connectivity index (χ1v) is 8.87. The molecule has 2 aromatic carbocycles. The molecule has 0 unspecified atom stereocenters. The summed E-state index contributed by atoms with van der Waals surface area (Å²) in [5, 5.41) is 7.96. The number of ether oxygens (including phenoxy) is 1. The summed E-state index contributed by atoms with van der Waals surface area (Å²) in [5.41, 5.74) is 1.89. The number of nitrogens with one attached hydrogen (secondary N) is 2. The zero-order valence-corrected chi connectivity index (χ0v) is 16.7. The Morgan fingerprint density at radius 1 is 1.16 bits per heavy atom. The molecule has 0 saturated carbocycles. The highest BCUT2D eigenvalue weighted by Crippen LogP contribution is 2.23. The summed E-state index contributed by atoms with van der Waals surface area (Å²) in [7, 11) is 5.72. The van der Waals surface area contributed by atoms with Gasteiger partial charge in [-0.15, -0.1) is 0 Å². The van der Waals surface area contributed by atoms with Gasteiger partial charge in [0.1, 0.15) is 5.75 Å². The Kier molecular flexibility index (Phi) is 7.32. The molecule has 0 amide bonds. The first kappa shape index (κ1) is 19.8. The molecule has 0 saturated heterocycles. The summed E-state index contributed by atoms with van der Waals surface area (Å²) in [6, 6.07) is 13.4. The third kappa shape index (κ3) is 6.04. The number of hydrogen-bond donors (Lipinski definition) is 2. The normalized spacial score (nSPS) is 11.9. The van der Waals surface area contributed by atoms with Crippen LogP contribution in [0, 0.1) is 0 Å². The number of likely N-dealkylation sites (N-methyl/N-ethyl adjacent to an activating group) is 1. The van der Waals surface area contributed by atoms with Crippen LogP contribution in [0.4, 0.5) is 5.69 Å². The number of halogens is 2. The molecule has 2 aromatic rings. The van der Waals surface area contributed by atoms with Crippen LogP contribution in [-0.2, 0) is 0 Å². The van der Waals surface area contributed by atoms with E-state index in [4.69, 9.17) is 40.2 Å². The van der Waals surface area contributed by atoms with E-state index in [2.05, 4.69) is 21.6 Å². The lowest BCUT2D eigenvalue weighted by atomic mass is 10.1. The minimum absolute atomic E-state index is 0.137. The van der Waals surface area contributed by atoms with Crippen LogP contribution in [0.25, 0.3) is 0 Å². The fourth-order valence-corrected chi connectivity index (χ4v) is 3.17. The molecule has 4 nitrogen and oxygen atoms in total. The summed E-state index contributed by atoms with van der Waals surface area (Å²) >= 11 is 17.4. The van der Waals surface area contributed by atoms with Crippen molar-refractivity contribution >= 4 is 46.2 Å². The Morgan fingerprint density at radius 2 is 1.84 bits per heavy atom. The van der Waals surface area contributed by atoms with Gasteiger partial charge in [-0.05, 0) is 62.2 Å². The van der Waals surface area contributed by atoms with Crippen molar-refractivity contribution in [2.45, 2.75) is 6.04 Å². The molecular formula is C18H21Cl2N3OS. The second kappa shape index (κ2) is 9.25. The molecule has 0 aliphatic heterocycles. The second-order valence-electron chi connectivity index (χ2n) is 5.75. The SMILES string of the molecule is COc1cccc([C@@H](CNC(=S)Nc2cc(Cl)cc(Cl)c2)N(C)C)c1. The standard InChI is InChI=1S/C18H21Cl2N3OS/c1-23(2)17(12-5-4-6-16(7-12)24-3)11-21-18(25)22-15-9-13(19)8-14(20)10-15/h4-10,17H,11H2,1-3H3,(H2,21,22,25)/t17-/m1/s1. The largest absolute Gasteiger partial charge is 0.497 e. The lowest BCUT2D eigenvalue weighted by molar-refractivity contribution is 0.298. The van der Waals surface area contributed by atoms with E-state index in [9.17, 15) is 0 Å². The van der Waals surface area contributed by atoms with Gasteiger partial charge in [0.05, 0.1) is 13.2 Å². The van der Waals surface area contributed by atoms with Crippen molar-refractivity contribution in [1.29, 1.82) is 0 Å². The van der Waals surface area contributed by atoms with E-state index in [0.717, 1.165) is 17.0 Å². The number of hydrogen-bond acceptors (Lipinski definition) is 3. The first-order valence-electron chi connectivity index (χ1n) is 7.70. The summed E-state index contributed by atoms with van der Waals surface area (Å²) < 4.78 is 5.31. The lowest BCUT2D eigenvalue weighted by Crippen LogP contribution is -2.36. The van der Waals surface area contributed by atoms with Crippen LogP contribution < -0.4 is 15.4 Å². The van der Waals surface area contributed by atoms with E-state index in [-0.39, 0.29) is 6.04 Å². The van der Waals surface area contributed by atoms with Gasteiger partial charge in [-0.2, -0.15) is 0 Å². The van der Waals surface area contributed by atoms with Crippen molar-refractivity contribution in [3.05, 3.63) is 58.1 Å². The average molecular weight is 398 g/mol. The lowest BCUT2D eigenvalue weighted by Gasteiger charge is -2.26. The molecule has 25 heavy (non-hydrogen) atoms. The second-order valence-corrected chi connectivity index (χ2v) is 7.03. The maximum atomic E-state index is 6.00. The molecule has 0 radical (unpaired) electrons. The Bertz CT molecular complexity index is 720. The van der Waals surface area contributed by atoms with E-state index in [0.29, 0.717) is 21.7 Å². The van der Waals surface area contributed by atoms with Gasteiger partial charge in [-0.25, -0.2) is 0 Å². The molecule has 0 aliphatic carbocycles. The van der Waals surface area contributed by atoms with Crippen molar-refractivity contribution in [2.24, 2.45) is 0 Å². The maximum Gasteiger partial charge on any atom is 0.170 e. The minimum Gasteiger partial charge on any atom is -0.497 e. The van der Waals surface area contributed by atoms with Gasteiger partial charge in [0.2, 0.25) is 0 Å². The van der Waals surface area contributed by atoms with Crippen LogP contribution >= 0.6 is 35.4 Å². The zero-order valence-electron chi connectivity index (χ0n) is 14.3. The summed E-state index contributed by atoms with van der Waals surface area (Å²) in [6.45, 7) is 0.639. The molecule has 0 fully saturated rings. The fraction of sp³-hybridized carbons (Fsp3) is 0.278. The fourth-order valence-electron chi connectivity index (χ4n) is 2.44. The molecule has 0 aliphatic rings. The Morgan fingerprint density at radius 3 is 2.44 bits per heavy atom. The number of thiocarbonyl (C=S) groups is 1. The monoisotopic (exact) mass is 397 g/mol. The Labute approximate surface area is 164 Å². The number of benzene rings is 2. The molecule has 7 heteroatoms. The van der Waals surface area contributed by atoms with Crippen molar-refractivity contribution < 1.29 is 4.74 Å². The van der Waals surface area contributed by atoms with E-state index < -0.39 is 0 Å². The molecule has 134 valence electrons. The van der Waals surface area contributed by atoms with Crippen LogP contribution in [0.5, 0.6) is 5.75 Å². The molecular weight excluding hydrogens is 377 g/mol.